The largest absolute Gasteiger partial charge is 0.361 e. The fraction of sp³-hybridized carbons (Fsp3) is 0.267. The predicted molar refractivity (Wildman–Crippen MR) is 80.2 cm³/mol. The van der Waals surface area contributed by atoms with Gasteiger partial charge in [0.25, 0.3) is 0 Å². The van der Waals surface area contributed by atoms with Crippen molar-refractivity contribution in [3.8, 4) is 12.3 Å². The van der Waals surface area contributed by atoms with Crippen LogP contribution >= 0.6 is 0 Å². The van der Waals surface area contributed by atoms with Gasteiger partial charge in [-0.2, -0.15) is 0 Å². The van der Waals surface area contributed by atoms with Crippen molar-refractivity contribution in [3.05, 3.63) is 35.8 Å². The lowest BCUT2D eigenvalue weighted by Crippen LogP contribution is -2.38. The Bertz CT molecular complexity index is 651. The second-order valence-corrected chi connectivity index (χ2v) is 4.31. The topological polar surface area (TPSA) is 52.2 Å². The average Bonchev–Trinajstić information content (AvgIpc) is 2.85. The van der Waals surface area contributed by atoms with Gasteiger partial charge in [0.1, 0.15) is 5.82 Å². The maximum Gasteiger partial charge on any atom is 0.191 e. The molecule has 0 unspecified atom stereocenters. The van der Waals surface area contributed by atoms with Gasteiger partial charge in [-0.25, -0.2) is 4.39 Å². The standard InChI is InChI=1S/C15H17FN4/c1-3-7-18-15(17-2)19-8-6-11-10-20-14-9-12(16)4-5-13(11)14/h1,4-5,9-10,20H,6-8H2,2H3,(H2,17,18,19). The SMILES string of the molecule is C#CCNC(=NC)NCCc1c[nH]c2cc(F)ccc12. The normalized spacial score (nSPS) is 11.3. The van der Waals surface area contributed by atoms with Gasteiger partial charge in [-0.1, -0.05) is 5.92 Å². The minimum atomic E-state index is -0.233. The van der Waals surface area contributed by atoms with Gasteiger partial charge in [-0.05, 0) is 30.2 Å². The Balaban J connectivity index is 1.95. The van der Waals surface area contributed by atoms with E-state index in [4.69, 9.17) is 6.42 Å². The van der Waals surface area contributed by atoms with Gasteiger partial charge in [0, 0.05) is 30.7 Å². The van der Waals surface area contributed by atoms with Crippen molar-refractivity contribution >= 4 is 16.9 Å². The Kier molecular flexibility index (Phi) is 4.61. The molecule has 0 radical (unpaired) electrons. The van der Waals surface area contributed by atoms with Crippen molar-refractivity contribution in [2.24, 2.45) is 4.99 Å². The monoisotopic (exact) mass is 272 g/mol. The number of guanidine groups is 1. The van der Waals surface area contributed by atoms with Crippen LogP contribution in [0.25, 0.3) is 10.9 Å². The molecule has 3 N–H and O–H groups in total. The summed E-state index contributed by atoms with van der Waals surface area (Å²) in [6.07, 6.45) is 7.90. The fourth-order valence-corrected chi connectivity index (χ4v) is 2.04. The lowest BCUT2D eigenvalue weighted by Gasteiger charge is -2.09. The number of H-pyrrole nitrogens is 1. The van der Waals surface area contributed by atoms with Gasteiger partial charge in [-0.3, -0.25) is 4.99 Å². The quantitative estimate of drug-likeness (QED) is 0.450. The number of halogens is 1. The van der Waals surface area contributed by atoms with Crippen molar-refractivity contribution < 1.29 is 4.39 Å². The van der Waals surface area contributed by atoms with Crippen LogP contribution in [0.2, 0.25) is 0 Å². The third-order valence-corrected chi connectivity index (χ3v) is 3.00. The molecule has 1 aromatic carbocycles. The van der Waals surface area contributed by atoms with Crippen LogP contribution in [0.5, 0.6) is 0 Å². The van der Waals surface area contributed by atoms with Gasteiger partial charge in [0.05, 0.1) is 6.54 Å². The first-order chi connectivity index (χ1) is 9.74. The summed E-state index contributed by atoms with van der Waals surface area (Å²) in [6.45, 7) is 1.15. The first-order valence-corrected chi connectivity index (χ1v) is 6.38. The summed E-state index contributed by atoms with van der Waals surface area (Å²) >= 11 is 0. The molecule has 1 heterocycles. The van der Waals surface area contributed by atoms with Crippen LogP contribution in [0, 0.1) is 18.2 Å². The smallest absolute Gasteiger partial charge is 0.191 e. The van der Waals surface area contributed by atoms with Crippen LogP contribution < -0.4 is 10.6 Å². The van der Waals surface area contributed by atoms with Crippen LogP contribution in [0.15, 0.2) is 29.4 Å². The van der Waals surface area contributed by atoms with Crippen molar-refractivity contribution in [2.75, 3.05) is 20.1 Å². The number of rotatable bonds is 4. The van der Waals surface area contributed by atoms with Crippen LogP contribution in [0.1, 0.15) is 5.56 Å². The maximum atomic E-state index is 13.1. The summed E-state index contributed by atoms with van der Waals surface area (Å²) in [4.78, 5) is 7.14. The minimum absolute atomic E-state index is 0.233. The molecule has 2 aromatic rings. The van der Waals surface area contributed by atoms with Crippen LogP contribution in [0.3, 0.4) is 0 Å². The molecule has 0 aliphatic carbocycles. The van der Waals surface area contributed by atoms with E-state index in [-0.39, 0.29) is 5.82 Å². The Morgan fingerprint density at radius 2 is 2.30 bits per heavy atom. The molecule has 4 nitrogen and oxygen atoms in total. The lowest BCUT2D eigenvalue weighted by atomic mass is 10.1. The molecule has 0 fully saturated rings. The summed E-state index contributed by atoms with van der Waals surface area (Å²) in [5.41, 5.74) is 1.95. The summed E-state index contributed by atoms with van der Waals surface area (Å²) < 4.78 is 13.1. The third kappa shape index (κ3) is 3.29. The van der Waals surface area contributed by atoms with E-state index in [0.29, 0.717) is 19.0 Å². The minimum Gasteiger partial charge on any atom is -0.361 e. The van der Waals surface area contributed by atoms with E-state index in [0.717, 1.165) is 22.9 Å². The Labute approximate surface area is 117 Å². The highest BCUT2D eigenvalue weighted by atomic mass is 19.1. The number of benzene rings is 1. The van der Waals surface area contributed by atoms with E-state index in [1.54, 1.807) is 13.1 Å². The molecule has 2 rings (SSSR count). The highest BCUT2D eigenvalue weighted by Gasteiger charge is 2.04. The highest BCUT2D eigenvalue weighted by molar-refractivity contribution is 5.83. The number of aliphatic imine (C=N–C) groups is 1. The van der Waals surface area contributed by atoms with Gasteiger partial charge in [-0.15, -0.1) is 6.42 Å². The second-order valence-electron chi connectivity index (χ2n) is 4.31. The van der Waals surface area contributed by atoms with E-state index in [1.807, 2.05) is 6.20 Å². The summed E-state index contributed by atoms with van der Waals surface area (Å²) in [5.74, 6) is 2.93. The number of nitrogens with one attached hydrogen (secondary N) is 3. The molecule has 0 aliphatic heterocycles. The molecule has 0 amide bonds. The maximum absolute atomic E-state index is 13.1. The predicted octanol–water partition coefficient (Wildman–Crippen LogP) is 1.65. The van der Waals surface area contributed by atoms with E-state index >= 15 is 0 Å². The summed E-state index contributed by atoms with van der Waals surface area (Å²) in [7, 11) is 1.69. The number of fused-ring (bicyclic) bond motifs is 1. The van der Waals surface area contributed by atoms with Crippen LogP contribution in [-0.2, 0) is 6.42 Å². The molecule has 0 aliphatic rings. The second kappa shape index (κ2) is 6.62. The van der Waals surface area contributed by atoms with Crippen LogP contribution in [-0.4, -0.2) is 31.1 Å². The zero-order chi connectivity index (χ0) is 14.4. The summed E-state index contributed by atoms with van der Waals surface area (Å²) in [5, 5.41) is 7.20. The Hall–Kier alpha value is -2.48. The Morgan fingerprint density at radius 1 is 1.45 bits per heavy atom. The fourth-order valence-electron chi connectivity index (χ4n) is 2.04. The van der Waals surface area contributed by atoms with E-state index < -0.39 is 0 Å². The number of hydrogen-bond acceptors (Lipinski definition) is 1. The van der Waals surface area contributed by atoms with E-state index in [9.17, 15) is 4.39 Å². The molecular formula is C15H17FN4. The summed E-state index contributed by atoms with van der Waals surface area (Å²) in [6, 6.07) is 4.77. The zero-order valence-electron chi connectivity index (χ0n) is 11.3. The molecule has 0 saturated carbocycles. The third-order valence-electron chi connectivity index (χ3n) is 3.00. The van der Waals surface area contributed by atoms with E-state index in [2.05, 4.69) is 26.5 Å². The van der Waals surface area contributed by atoms with Crippen molar-refractivity contribution in [1.82, 2.24) is 15.6 Å². The molecule has 0 bridgehead atoms. The number of aromatic amines is 1. The molecule has 104 valence electrons. The molecule has 20 heavy (non-hydrogen) atoms. The molecule has 1 aromatic heterocycles. The van der Waals surface area contributed by atoms with Gasteiger partial charge >= 0.3 is 0 Å². The average molecular weight is 272 g/mol. The number of terminal acetylenes is 1. The first-order valence-electron chi connectivity index (χ1n) is 6.38. The first kappa shape index (κ1) is 13.9. The van der Waals surface area contributed by atoms with E-state index in [1.165, 1.54) is 12.1 Å². The van der Waals surface area contributed by atoms with Gasteiger partial charge in [0.15, 0.2) is 5.96 Å². The molecular weight excluding hydrogens is 255 g/mol. The highest BCUT2D eigenvalue weighted by Crippen LogP contribution is 2.19. The van der Waals surface area contributed by atoms with Crippen molar-refractivity contribution in [3.63, 3.8) is 0 Å². The van der Waals surface area contributed by atoms with Crippen molar-refractivity contribution in [2.45, 2.75) is 6.42 Å². The molecule has 0 spiro atoms. The Morgan fingerprint density at radius 3 is 3.05 bits per heavy atom. The number of hydrogen-bond donors (Lipinski definition) is 3. The van der Waals surface area contributed by atoms with Gasteiger partial charge in [0.2, 0.25) is 0 Å². The molecule has 0 saturated heterocycles. The van der Waals surface area contributed by atoms with Gasteiger partial charge < -0.3 is 15.6 Å². The molecule has 0 atom stereocenters. The number of nitrogens with zero attached hydrogens (tertiary/aromatic N) is 1. The zero-order valence-corrected chi connectivity index (χ0v) is 11.3. The van der Waals surface area contributed by atoms with Crippen molar-refractivity contribution in [1.29, 1.82) is 0 Å². The number of aromatic nitrogens is 1. The molecule has 5 heteroatoms. The lowest BCUT2D eigenvalue weighted by molar-refractivity contribution is 0.629. The van der Waals surface area contributed by atoms with Crippen LogP contribution in [0.4, 0.5) is 4.39 Å².